The summed E-state index contributed by atoms with van der Waals surface area (Å²) < 4.78 is 14.2. The van der Waals surface area contributed by atoms with Crippen molar-refractivity contribution in [3.8, 4) is 0 Å². The summed E-state index contributed by atoms with van der Waals surface area (Å²) in [7, 11) is 0. The van der Waals surface area contributed by atoms with Crippen LogP contribution in [0.25, 0.3) is 5.65 Å². The topological polar surface area (TPSA) is 30.2 Å². The Morgan fingerprint density at radius 3 is 3.00 bits per heavy atom. The van der Waals surface area contributed by atoms with Gasteiger partial charge >= 0.3 is 0 Å². The van der Waals surface area contributed by atoms with Crippen LogP contribution in [-0.2, 0) is 0 Å². The Bertz CT molecular complexity index is 393. The Hall–Kier alpha value is -1.45. The van der Waals surface area contributed by atoms with Gasteiger partial charge in [0, 0.05) is 6.20 Å². The van der Waals surface area contributed by atoms with Crippen LogP contribution in [-0.4, -0.2) is 14.6 Å². The number of halogens is 1. The molecule has 11 heavy (non-hydrogen) atoms. The Kier molecular flexibility index (Phi) is 1.15. The molecule has 0 spiro atoms. The van der Waals surface area contributed by atoms with E-state index in [-0.39, 0.29) is 5.82 Å². The molecule has 0 unspecified atom stereocenters. The monoisotopic (exact) mass is 151 g/mol. The van der Waals surface area contributed by atoms with Gasteiger partial charge in [0.1, 0.15) is 11.6 Å². The van der Waals surface area contributed by atoms with Crippen molar-refractivity contribution < 1.29 is 4.39 Å². The Morgan fingerprint density at radius 2 is 2.18 bits per heavy atom. The first-order valence-electron chi connectivity index (χ1n) is 3.24. The van der Waals surface area contributed by atoms with Crippen molar-refractivity contribution in [2.45, 2.75) is 6.92 Å². The van der Waals surface area contributed by atoms with Crippen molar-refractivity contribution in [2.24, 2.45) is 0 Å². The van der Waals surface area contributed by atoms with Gasteiger partial charge in [-0.25, -0.2) is 4.39 Å². The van der Waals surface area contributed by atoms with E-state index in [4.69, 9.17) is 0 Å². The molecular weight excluding hydrogens is 145 g/mol. The summed E-state index contributed by atoms with van der Waals surface area (Å²) in [5.41, 5.74) is 0.670. The maximum atomic E-state index is 12.6. The smallest absolute Gasteiger partial charge is 0.160 e. The second kappa shape index (κ2) is 2.02. The molecule has 56 valence electrons. The lowest BCUT2D eigenvalue weighted by atomic mass is 10.4. The molecule has 0 amide bonds. The highest BCUT2D eigenvalue weighted by Crippen LogP contribution is 2.03. The van der Waals surface area contributed by atoms with Gasteiger partial charge in [0.25, 0.3) is 0 Å². The molecule has 0 aliphatic heterocycles. The lowest BCUT2D eigenvalue weighted by molar-refractivity contribution is 0.618. The predicted octanol–water partition coefficient (Wildman–Crippen LogP) is 1.18. The predicted molar refractivity (Wildman–Crippen MR) is 37.7 cm³/mol. The fourth-order valence-electron chi connectivity index (χ4n) is 0.979. The van der Waals surface area contributed by atoms with Crippen LogP contribution < -0.4 is 0 Å². The number of aromatic nitrogens is 3. The molecule has 0 aliphatic rings. The van der Waals surface area contributed by atoms with Gasteiger partial charge in [-0.1, -0.05) is 0 Å². The van der Waals surface area contributed by atoms with Crippen LogP contribution in [0.1, 0.15) is 5.82 Å². The molecule has 0 bridgehead atoms. The summed E-state index contributed by atoms with van der Waals surface area (Å²) in [6, 6.07) is 2.96. The number of pyridine rings is 1. The molecule has 4 heteroatoms. The number of aryl methyl sites for hydroxylation is 1. The molecule has 0 radical (unpaired) electrons. The van der Waals surface area contributed by atoms with E-state index in [0.717, 1.165) is 0 Å². The minimum Gasteiger partial charge on any atom is -0.284 e. The maximum absolute atomic E-state index is 12.6. The summed E-state index contributed by atoms with van der Waals surface area (Å²) in [5.74, 6) is 0.417. The largest absolute Gasteiger partial charge is 0.284 e. The van der Waals surface area contributed by atoms with Crippen molar-refractivity contribution in [3.05, 3.63) is 30.0 Å². The van der Waals surface area contributed by atoms with Crippen molar-refractivity contribution in [2.75, 3.05) is 0 Å². The van der Waals surface area contributed by atoms with Crippen LogP contribution in [0.2, 0.25) is 0 Å². The zero-order valence-electron chi connectivity index (χ0n) is 5.95. The summed E-state index contributed by atoms with van der Waals surface area (Å²) in [4.78, 5) is 0. The van der Waals surface area contributed by atoms with E-state index in [2.05, 4.69) is 10.2 Å². The minimum absolute atomic E-state index is 0.277. The average molecular weight is 151 g/mol. The van der Waals surface area contributed by atoms with E-state index in [1.165, 1.54) is 12.3 Å². The molecular formula is C7H6FN3. The average Bonchev–Trinajstić information content (AvgIpc) is 2.33. The quantitative estimate of drug-likeness (QED) is 0.565. The van der Waals surface area contributed by atoms with Gasteiger partial charge in [0.2, 0.25) is 0 Å². The minimum atomic E-state index is -0.277. The highest BCUT2D eigenvalue weighted by Gasteiger charge is 1.99. The van der Waals surface area contributed by atoms with Crippen molar-refractivity contribution >= 4 is 5.65 Å². The van der Waals surface area contributed by atoms with Crippen LogP contribution in [0, 0.1) is 12.7 Å². The molecule has 2 rings (SSSR count). The van der Waals surface area contributed by atoms with Crippen molar-refractivity contribution in [1.29, 1.82) is 0 Å². The fourth-order valence-corrected chi connectivity index (χ4v) is 0.979. The Balaban J connectivity index is 2.87. The van der Waals surface area contributed by atoms with E-state index in [1.807, 2.05) is 0 Å². The third kappa shape index (κ3) is 0.869. The Morgan fingerprint density at radius 1 is 1.36 bits per heavy atom. The molecule has 0 saturated heterocycles. The van der Waals surface area contributed by atoms with E-state index >= 15 is 0 Å². The molecule has 0 fully saturated rings. The SMILES string of the molecule is Cc1nnc2ccc(F)cn12. The molecule has 2 heterocycles. The second-order valence-corrected chi connectivity index (χ2v) is 2.32. The first-order valence-corrected chi connectivity index (χ1v) is 3.24. The maximum Gasteiger partial charge on any atom is 0.160 e. The van der Waals surface area contributed by atoms with Gasteiger partial charge in [-0.15, -0.1) is 10.2 Å². The summed E-state index contributed by atoms with van der Waals surface area (Å²) in [6.45, 7) is 1.78. The Labute approximate surface area is 62.5 Å². The number of hydrogen-bond donors (Lipinski definition) is 0. The number of nitrogens with zero attached hydrogens (tertiary/aromatic N) is 3. The van der Waals surface area contributed by atoms with Crippen molar-refractivity contribution in [1.82, 2.24) is 14.6 Å². The van der Waals surface area contributed by atoms with Crippen LogP contribution in [0.5, 0.6) is 0 Å². The molecule has 0 atom stereocenters. The van der Waals surface area contributed by atoms with Crippen LogP contribution >= 0.6 is 0 Å². The molecule has 0 N–H and O–H groups in total. The normalized spacial score (nSPS) is 10.7. The second-order valence-electron chi connectivity index (χ2n) is 2.32. The summed E-state index contributed by atoms with van der Waals surface area (Å²) >= 11 is 0. The highest BCUT2D eigenvalue weighted by atomic mass is 19.1. The fraction of sp³-hybridized carbons (Fsp3) is 0.143. The lowest BCUT2D eigenvalue weighted by Crippen LogP contribution is -1.88. The van der Waals surface area contributed by atoms with E-state index in [0.29, 0.717) is 11.5 Å². The van der Waals surface area contributed by atoms with Gasteiger partial charge in [-0.05, 0) is 19.1 Å². The molecule has 0 aromatic carbocycles. The zero-order chi connectivity index (χ0) is 7.84. The number of fused-ring (bicyclic) bond motifs is 1. The van der Waals surface area contributed by atoms with Gasteiger partial charge in [-0.3, -0.25) is 4.40 Å². The zero-order valence-corrected chi connectivity index (χ0v) is 5.95. The van der Waals surface area contributed by atoms with Crippen LogP contribution in [0.3, 0.4) is 0 Å². The molecule has 2 aromatic rings. The third-order valence-electron chi connectivity index (χ3n) is 1.54. The first-order chi connectivity index (χ1) is 5.27. The first kappa shape index (κ1) is 6.27. The van der Waals surface area contributed by atoms with E-state index in [9.17, 15) is 4.39 Å². The van der Waals surface area contributed by atoms with Crippen molar-refractivity contribution in [3.63, 3.8) is 0 Å². The third-order valence-corrected chi connectivity index (χ3v) is 1.54. The van der Waals surface area contributed by atoms with Gasteiger partial charge < -0.3 is 0 Å². The number of hydrogen-bond acceptors (Lipinski definition) is 2. The highest BCUT2D eigenvalue weighted by molar-refractivity contribution is 5.37. The summed E-state index contributed by atoms with van der Waals surface area (Å²) in [6.07, 6.45) is 1.37. The number of rotatable bonds is 0. The molecule has 3 nitrogen and oxygen atoms in total. The van der Waals surface area contributed by atoms with Gasteiger partial charge in [0.15, 0.2) is 5.65 Å². The standard InChI is InChI=1S/C7H6FN3/c1-5-9-10-7-3-2-6(8)4-11(5)7/h2-4H,1H3. The van der Waals surface area contributed by atoms with Gasteiger partial charge in [0.05, 0.1) is 0 Å². The van der Waals surface area contributed by atoms with Crippen LogP contribution in [0.4, 0.5) is 4.39 Å². The van der Waals surface area contributed by atoms with E-state index < -0.39 is 0 Å². The van der Waals surface area contributed by atoms with Crippen LogP contribution in [0.15, 0.2) is 18.3 Å². The molecule has 0 saturated carbocycles. The lowest BCUT2D eigenvalue weighted by Gasteiger charge is -1.92. The molecule has 0 aliphatic carbocycles. The van der Waals surface area contributed by atoms with E-state index in [1.54, 1.807) is 17.4 Å². The van der Waals surface area contributed by atoms with Gasteiger partial charge in [-0.2, -0.15) is 0 Å². The molecule has 2 aromatic heterocycles. The summed E-state index contributed by atoms with van der Waals surface area (Å²) in [5, 5.41) is 7.59.